The Kier molecular flexibility index (Phi) is 5.61. The van der Waals surface area contributed by atoms with Crippen LogP contribution in [-0.4, -0.2) is 38.2 Å². The first-order valence-corrected chi connectivity index (χ1v) is 8.86. The van der Waals surface area contributed by atoms with Gasteiger partial charge in [-0.3, -0.25) is 4.79 Å². The number of carbonyl (C=O) groups is 1. The predicted molar refractivity (Wildman–Crippen MR) is 101 cm³/mol. The van der Waals surface area contributed by atoms with Gasteiger partial charge in [-0.25, -0.2) is 4.98 Å². The van der Waals surface area contributed by atoms with Gasteiger partial charge in [0, 0.05) is 24.8 Å². The van der Waals surface area contributed by atoms with E-state index >= 15 is 0 Å². The molecule has 1 aliphatic rings. The first-order valence-electron chi connectivity index (χ1n) is 8.86. The summed E-state index contributed by atoms with van der Waals surface area (Å²) in [6.45, 7) is 3.95. The van der Waals surface area contributed by atoms with Crippen LogP contribution in [-0.2, 0) is 0 Å². The second-order valence-corrected chi connectivity index (χ2v) is 6.41. The van der Waals surface area contributed by atoms with Crippen LogP contribution in [0.25, 0.3) is 0 Å². The molecule has 0 radical (unpaired) electrons. The molecule has 3 rings (SSSR count). The number of anilines is 1. The molecule has 6 nitrogen and oxygen atoms in total. The number of ether oxygens (including phenoxy) is 2. The molecular formula is C20H25N3O3. The van der Waals surface area contributed by atoms with Crippen LogP contribution >= 0.6 is 0 Å². The average Bonchev–Trinajstić information content (AvgIpc) is 3.22. The van der Waals surface area contributed by atoms with Crippen LogP contribution in [0.4, 0.5) is 5.82 Å². The molecule has 1 unspecified atom stereocenters. The molecule has 26 heavy (non-hydrogen) atoms. The highest BCUT2D eigenvalue weighted by Crippen LogP contribution is 2.30. The van der Waals surface area contributed by atoms with Gasteiger partial charge in [0.05, 0.1) is 20.3 Å². The minimum atomic E-state index is -0.161. The van der Waals surface area contributed by atoms with Gasteiger partial charge >= 0.3 is 0 Å². The average molecular weight is 355 g/mol. The van der Waals surface area contributed by atoms with Gasteiger partial charge in [-0.2, -0.15) is 0 Å². The lowest BCUT2D eigenvalue weighted by molar-refractivity contribution is 0.0939. The molecule has 0 aliphatic carbocycles. The molecule has 1 N–H and O–H groups in total. The normalized spacial score (nSPS) is 14.8. The van der Waals surface area contributed by atoms with Crippen molar-refractivity contribution < 1.29 is 14.3 Å². The van der Waals surface area contributed by atoms with Crippen LogP contribution < -0.4 is 19.7 Å². The van der Waals surface area contributed by atoms with E-state index in [9.17, 15) is 4.79 Å². The zero-order valence-electron chi connectivity index (χ0n) is 15.5. The van der Waals surface area contributed by atoms with Crippen molar-refractivity contribution in [1.29, 1.82) is 0 Å². The highest BCUT2D eigenvalue weighted by atomic mass is 16.5. The summed E-state index contributed by atoms with van der Waals surface area (Å²) >= 11 is 0. The van der Waals surface area contributed by atoms with Crippen LogP contribution in [0.15, 0.2) is 36.5 Å². The van der Waals surface area contributed by atoms with E-state index in [1.807, 2.05) is 31.2 Å². The number of nitrogens with zero attached hydrogens (tertiary/aromatic N) is 2. The minimum absolute atomic E-state index is 0.116. The van der Waals surface area contributed by atoms with Crippen molar-refractivity contribution >= 4 is 11.7 Å². The van der Waals surface area contributed by atoms with Crippen LogP contribution in [0.3, 0.4) is 0 Å². The quantitative estimate of drug-likeness (QED) is 0.862. The first kappa shape index (κ1) is 18.0. The summed E-state index contributed by atoms with van der Waals surface area (Å²) in [7, 11) is 3.20. The molecular weight excluding hydrogens is 330 g/mol. The second kappa shape index (κ2) is 8.08. The molecule has 1 fully saturated rings. The third-order valence-electron chi connectivity index (χ3n) is 4.69. The van der Waals surface area contributed by atoms with Gasteiger partial charge in [-0.15, -0.1) is 0 Å². The Balaban J connectivity index is 1.72. The highest BCUT2D eigenvalue weighted by molar-refractivity contribution is 5.95. The molecule has 6 heteroatoms. The number of rotatable bonds is 6. The van der Waals surface area contributed by atoms with Gasteiger partial charge < -0.3 is 19.7 Å². The Morgan fingerprint density at radius 1 is 1.12 bits per heavy atom. The second-order valence-electron chi connectivity index (χ2n) is 6.41. The monoisotopic (exact) mass is 355 g/mol. The number of benzene rings is 1. The van der Waals surface area contributed by atoms with Crippen molar-refractivity contribution in [3.05, 3.63) is 47.7 Å². The van der Waals surface area contributed by atoms with Gasteiger partial charge in [0.15, 0.2) is 11.5 Å². The molecule has 0 saturated carbocycles. The minimum Gasteiger partial charge on any atom is -0.493 e. The van der Waals surface area contributed by atoms with E-state index in [1.165, 1.54) is 12.8 Å². The summed E-state index contributed by atoms with van der Waals surface area (Å²) in [6, 6.07) is 9.10. The molecule has 1 amide bonds. The number of aromatic nitrogens is 1. The van der Waals surface area contributed by atoms with Crippen LogP contribution in [0, 0.1) is 0 Å². The van der Waals surface area contributed by atoms with Crippen LogP contribution in [0.1, 0.15) is 41.7 Å². The summed E-state index contributed by atoms with van der Waals surface area (Å²) in [4.78, 5) is 19.3. The molecule has 2 aromatic rings. The van der Waals surface area contributed by atoms with E-state index in [4.69, 9.17) is 9.47 Å². The van der Waals surface area contributed by atoms with Gasteiger partial charge in [-0.05, 0) is 49.6 Å². The van der Waals surface area contributed by atoms with Crippen molar-refractivity contribution in [2.75, 3.05) is 32.2 Å². The van der Waals surface area contributed by atoms with Crippen LogP contribution in [0.5, 0.6) is 11.5 Å². The van der Waals surface area contributed by atoms with E-state index in [1.54, 1.807) is 26.5 Å². The van der Waals surface area contributed by atoms with Crippen molar-refractivity contribution in [3.8, 4) is 11.5 Å². The number of amides is 1. The molecule has 1 aromatic carbocycles. The lowest BCUT2D eigenvalue weighted by atomic mass is 10.1. The van der Waals surface area contributed by atoms with Gasteiger partial charge in [0.25, 0.3) is 5.91 Å². The Bertz CT molecular complexity index is 773. The smallest absolute Gasteiger partial charge is 0.251 e. The Hall–Kier alpha value is -2.76. The number of carbonyl (C=O) groups excluding carboxylic acids is 1. The van der Waals surface area contributed by atoms with Crippen molar-refractivity contribution in [3.63, 3.8) is 0 Å². The van der Waals surface area contributed by atoms with Crippen molar-refractivity contribution in [1.82, 2.24) is 10.3 Å². The molecule has 1 aromatic heterocycles. The Labute approximate surface area is 154 Å². The summed E-state index contributed by atoms with van der Waals surface area (Å²) in [5.41, 5.74) is 1.57. The fraction of sp³-hybridized carbons (Fsp3) is 0.400. The molecule has 1 saturated heterocycles. The third-order valence-corrected chi connectivity index (χ3v) is 4.69. The molecule has 138 valence electrons. The van der Waals surface area contributed by atoms with Crippen molar-refractivity contribution in [2.45, 2.75) is 25.8 Å². The third kappa shape index (κ3) is 3.90. The van der Waals surface area contributed by atoms with E-state index in [2.05, 4.69) is 15.2 Å². The summed E-state index contributed by atoms with van der Waals surface area (Å²) in [5.74, 6) is 2.06. The van der Waals surface area contributed by atoms with Crippen LogP contribution in [0.2, 0.25) is 0 Å². The predicted octanol–water partition coefficient (Wildman–Crippen LogP) is 3.19. The van der Waals surface area contributed by atoms with E-state index in [0.29, 0.717) is 17.1 Å². The summed E-state index contributed by atoms with van der Waals surface area (Å²) in [5, 5.41) is 3.04. The SMILES string of the molecule is COc1ccc(C(C)NC(=O)c2ccnc(N3CCCC3)c2)cc1OC. The van der Waals surface area contributed by atoms with Gasteiger partial charge in [0.2, 0.25) is 0 Å². The maximum atomic E-state index is 12.7. The molecule has 1 aliphatic heterocycles. The summed E-state index contributed by atoms with van der Waals surface area (Å²) in [6.07, 6.45) is 4.05. The first-order chi connectivity index (χ1) is 12.6. The lowest BCUT2D eigenvalue weighted by Gasteiger charge is -2.18. The maximum Gasteiger partial charge on any atom is 0.251 e. The number of pyridine rings is 1. The van der Waals surface area contributed by atoms with E-state index in [-0.39, 0.29) is 11.9 Å². The zero-order chi connectivity index (χ0) is 18.5. The molecule has 2 heterocycles. The Morgan fingerprint density at radius 2 is 1.85 bits per heavy atom. The number of nitrogens with one attached hydrogen (secondary N) is 1. The molecule has 1 atom stereocenters. The molecule has 0 bridgehead atoms. The van der Waals surface area contributed by atoms with Gasteiger partial charge in [0.1, 0.15) is 5.82 Å². The summed E-state index contributed by atoms with van der Waals surface area (Å²) < 4.78 is 10.6. The van der Waals surface area contributed by atoms with Crippen molar-refractivity contribution in [2.24, 2.45) is 0 Å². The number of hydrogen-bond donors (Lipinski definition) is 1. The lowest BCUT2D eigenvalue weighted by Crippen LogP contribution is -2.27. The fourth-order valence-electron chi connectivity index (χ4n) is 3.16. The largest absolute Gasteiger partial charge is 0.493 e. The zero-order valence-corrected chi connectivity index (χ0v) is 15.5. The number of hydrogen-bond acceptors (Lipinski definition) is 5. The standard InChI is InChI=1S/C20H25N3O3/c1-14(15-6-7-17(25-2)18(12-15)26-3)22-20(24)16-8-9-21-19(13-16)23-10-4-5-11-23/h6-9,12-14H,4-5,10-11H2,1-3H3,(H,22,24). The fourth-order valence-corrected chi connectivity index (χ4v) is 3.16. The van der Waals surface area contributed by atoms with Gasteiger partial charge in [-0.1, -0.05) is 6.07 Å². The highest BCUT2D eigenvalue weighted by Gasteiger charge is 2.17. The maximum absolute atomic E-state index is 12.7. The Morgan fingerprint density at radius 3 is 2.54 bits per heavy atom. The molecule has 0 spiro atoms. The number of methoxy groups -OCH3 is 2. The van der Waals surface area contributed by atoms with E-state index < -0.39 is 0 Å². The van der Waals surface area contributed by atoms with E-state index in [0.717, 1.165) is 24.5 Å². The topological polar surface area (TPSA) is 63.7 Å².